The van der Waals surface area contributed by atoms with Gasteiger partial charge in [0.05, 0.1) is 17.6 Å². The van der Waals surface area contributed by atoms with Crippen molar-refractivity contribution >= 4 is 16.7 Å². The fourth-order valence-electron chi connectivity index (χ4n) is 3.05. The molecule has 3 rings (SSSR count). The third-order valence-corrected chi connectivity index (χ3v) is 4.50. The maximum Gasteiger partial charge on any atom is 0.333 e. The van der Waals surface area contributed by atoms with Gasteiger partial charge < -0.3 is 4.74 Å². The molecular weight excluding hydrogens is 312 g/mol. The van der Waals surface area contributed by atoms with Crippen LogP contribution in [0.4, 0.5) is 0 Å². The predicted octanol–water partition coefficient (Wildman–Crippen LogP) is 4.30. The van der Waals surface area contributed by atoms with E-state index in [-0.39, 0.29) is 5.69 Å². The molecule has 0 aliphatic rings. The minimum Gasteiger partial charge on any atom is -0.492 e. The van der Waals surface area contributed by atoms with Crippen LogP contribution in [0.2, 0.25) is 0 Å². The van der Waals surface area contributed by atoms with Crippen LogP contribution < -0.4 is 10.4 Å². The number of imidazole rings is 1. The van der Waals surface area contributed by atoms with Gasteiger partial charge in [0.2, 0.25) is 0 Å². The summed E-state index contributed by atoms with van der Waals surface area (Å²) < 4.78 is 9.27. The van der Waals surface area contributed by atoms with Crippen LogP contribution in [0, 0.1) is 20.8 Å². The lowest BCUT2D eigenvalue weighted by Crippen LogP contribution is -2.25. The minimum atomic E-state index is -0.0691. The van der Waals surface area contributed by atoms with E-state index in [1.807, 2.05) is 38.1 Å². The molecule has 3 aromatic rings. The van der Waals surface area contributed by atoms with E-state index in [0.717, 1.165) is 33.6 Å². The Hall–Kier alpha value is -2.75. The van der Waals surface area contributed by atoms with Crippen LogP contribution in [0.1, 0.15) is 23.6 Å². The van der Waals surface area contributed by atoms with Crippen LogP contribution in [0.15, 0.2) is 47.8 Å². The van der Waals surface area contributed by atoms with Gasteiger partial charge in [0.25, 0.3) is 0 Å². The van der Waals surface area contributed by atoms with E-state index in [1.165, 1.54) is 5.56 Å². The number of hydrogen-bond acceptors (Lipinski definition) is 2. The van der Waals surface area contributed by atoms with Crippen molar-refractivity contribution in [3.05, 3.63) is 70.2 Å². The smallest absolute Gasteiger partial charge is 0.333 e. The Morgan fingerprint density at radius 1 is 1.08 bits per heavy atom. The Morgan fingerprint density at radius 2 is 1.76 bits per heavy atom. The molecule has 0 bridgehead atoms. The van der Waals surface area contributed by atoms with Crippen LogP contribution in [-0.2, 0) is 6.54 Å². The van der Waals surface area contributed by atoms with Crippen LogP contribution >= 0.6 is 0 Å². The summed E-state index contributed by atoms with van der Waals surface area (Å²) in [6, 6.07) is 12.0. The van der Waals surface area contributed by atoms with E-state index in [0.29, 0.717) is 13.2 Å². The van der Waals surface area contributed by atoms with E-state index < -0.39 is 0 Å². The normalized spacial score (nSPS) is 11.0. The Bertz CT molecular complexity index is 1010. The van der Waals surface area contributed by atoms with Crippen LogP contribution in [0.25, 0.3) is 16.7 Å². The number of rotatable bonds is 5. The van der Waals surface area contributed by atoms with Gasteiger partial charge in [-0.25, -0.2) is 4.79 Å². The third kappa shape index (κ3) is 3.25. The van der Waals surface area contributed by atoms with Gasteiger partial charge in [-0.2, -0.15) is 0 Å². The standard InChI is InChI=1S/C21H24N2O2/c1-14(2)23-20-13-17(5)16(4)12-19(20)22(21(23)24)9-10-25-18-8-6-7-15(3)11-18/h6-8,11-13H,1,9-10H2,2-5H3. The van der Waals surface area contributed by atoms with Gasteiger partial charge in [0.15, 0.2) is 0 Å². The zero-order valence-electron chi connectivity index (χ0n) is 15.3. The van der Waals surface area contributed by atoms with Crippen LogP contribution in [0.5, 0.6) is 5.75 Å². The largest absolute Gasteiger partial charge is 0.492 e. The van der Waals surface area contributed by atoms with Gasteiger partial charge in [0.1, 0.15) is 12.4 Å². The highest BCUT2D eigenvalue weighted by atomic mass is 16.5. The Balaban J connectivity index is 1.95. The highest BCUT2D eigenvalue weighted by molar-refractivity contribution is 5.81. The number of fused-ring (bicyclic) bond motifs is 1. The van der Waals surface area contributed by atoms with Crippen molar-refractivity contribution < 1.29 is 4.74 Å². The fraction of sp³-hybridized carbons (Fsp3) is 0.286. The molecule has 0 atom stereocenters. The molecule has 0 aliphatic carbocycles. The van der Waals surface area contributed by atoms with Crippen molar-refractivity contribution in [3.8, 4) is 5.75 Å². The van der Waals surface area contributed by atoms with Gasteiger partial charge >= 0.3 is 5.69 Å². The summed E-state index contributed by atoms with van der Waals surface area (Å²) in [5, 5.41) is 0. The average molecular weight is 336 g/mol. The zero-order chi connectivity index (χ0) is 18.1. The Kier molecular flexibility index (Phi) is 4.53. The van der Waals surface area contributed by atoms with Gasteiger partial charge in [0, 0.05) is 5.70 Å². The summed E-state index contributed by atoms with van der Waals surface area (Å²) in [6.45, 7) is 12.9. The molecule has 0 aliphatic heterocycles. The molecule has 0 spiro atoms. The number of nitrogens with zero attached hydrogens (tertiary/aromatic N) is 2. The lowest BCUT2D eigenvalue weighted by Gasteiger charge is -2.08. The monoisotopic (exact) mass is 336 g/mol. The van der Waals surface area contributed by atoms with Crippen molar-refractivity contribution in [2.24, 2.45) is 0 Å². The number of aromatic nitrogens is 2. The van der Waals surface area contributed by atoms with Gasteiger partial charge in [-0.15, -0.1) is 0 Å². The lowest BCUT2D eigenvalue weighted by molar-refractivity contribution is 0.298. The highest BCUT2D eigenvalue weighted by Gasteiger charge is 2.15. The second-order valence-electron chi connectivity index (χ2n) is 6.60. The first-order valence-corrected chi connectivity index (χ1v) is 8.46. The van der Waals surface area contributed by atoms with Crippen molar-refractivity contribution in [1.29, 1.82) is 0 Å². The van der Waals surface area contributed by atoms with E-state index in [2.05, 4.69) is 32.6 Å². The molecule has 25 heavy (non-hydrogen) atoms. The van der Waals surface area contributed by atoms with Crippen molar-refractivity contribution in [3.63, 3.8) is 0 Å². The summed E-state index contributed by atoms with van der Waals surface area (Å²) >= 11 is 0. The molecule has 130 valence electrons. The predicted molar refractivity (Wildman–Crippen MR) is 103 cm³/mol. The molecule has 0 unspecified atom stereocenters. The second kappa shape index (κ2) is 6.63. The van der Waals surface area contributed by atoms with Gasteiger partial charge in [-0.1, -0.05) is 18.7 Å². The van der Waals surface area contributed by atoms with Crippen LogP contribution in [-0.4, -0.2) is 15.7 Å². The average Bonchev–Trinajstić information content (AvgIpc) is 2.80. The summed E-state index contributed by atoms with van der Waals surface area (Å²) in [4.78, 5) is 12.9. The Labute approximate surface area is 148 Å². The van der Waals surface area contributed by atoms with Crippen molar-refractivity contribution in [1.82, 2.24) is 9.13 Å². The number of allylic oxidation sites excluding steroid dienone is 1. The van der Waals surface area contributed by atoms with Crippen molar-refractivity contribution in [2.45, 2.75) is 34.2 Å². The molecule has 4 nitrogen and oxygen atoms in total. The van der Waals surface area contributed by atoms with E-state index in [1.54, 1.807) is 9.13 Å². The maximum atomic E-state index is 12.9. The van der Waals surface area contributed by atoms with E-state index in [4.69, 9.17) is 4.74 Å². The van der Waals surface area contributed by atoms with Crippen LogP contribution in [0.3, 0.4) is 0 Å². The third-order valence-electron chi connectivity index (χ3n) is 4.50. The second-order valence-corrected chi connectivity index (χ2v) is 6.60. The number of hydrogen-bond donors (Lipinski definition) is 0. The highest BCUT2D eigenvalue weighted by Crippen LogP contribution is 2.21. The Morgan fingerprint density at radius 3 is 2.40 bits per heavy atom. The summed E-state index contributed by atoms with van der Waals surface area (Å²) in [6.07, 6.45) is 0. The molecule has 0 saturated carbocycles. The molecule has 0 saturated heterocycles. The van der Waals surface area contributed by atoms with E-state index in [9.17, 15) is 4.79 Å². The molecule has 0 radical (unpaired) electrons. The minimum absolute atomic E-state index is 0.0691. The molecular formula is C21H24N2O2. The van der Waals surface area contributed by atoms with Crippen molar-refractivity contribution in [2.75, 3.05) is 6.61 Å². The SMILES string of the molecule is C=C(C)n1c(=O)n(CCOc2cccc(C)c2)c2cc(C)c(C)cc21. The quantitative estimate of drug-likeness (QED) is 0.696. The first-order chi connectivity index (χ1) is 11.9. The molecule has 1 heterocycles. The lowest BCUT2D eigenvalue weighted by atomic mass is 10.1. The summed E-state index contributed by atoms with van der Waals surface area (Å²) in [7, 11) is 0. The maximum absolute atomic E-state index is 12.9. The fourth-order valence-corrected chi connectivity index (χ4v) is 3.05. The number of ether oxygens (including phenoxy) is 1. The molecule has 4 heteroatoms. The van der Waals surface area contributed by atoms with Gasteiger partial charge in [-0.3, -0.25) is 9.13 Å². The first kappa shape index (κ1) is 17.1. The molecule has 0 amide bonds. The molecule has 0 N–H and O–H groups in total. The molecule has 2 aromatic carbocycles. The summed E-state index contributed by atoms with van der Waals surface area (Å²) in [5.41, 5.74) is 5.95. The number of benzene rings is 2. The molecule has 0 fully saturated rings. The zero-order valence-corrected chi connectivity index (χ0v) is 15.3. The van der Waals surface area contributed by atoms with Gasteiger partial charge in [-0.05, 0) is 68.7 Å². The molecule has 1 aromatic heterocycles. The van der Waals surface area contributed by atoms with E-state index >= 15 is 0 Å². The first-order valence-electron chi connectivity index (χ1n) is 8.46. The number of aryl methyl sites for hydroxylation is 3. The topological polar surface area (TPSA) is 36.2 Å². The summed E-state index contributed by atoms with van der Waals surface area (Å²) in [5.74, 6) is 0.823.